The second-order valence-electron chi connectivity index (χ2n) is 4.47. The molecular formula is C14H20N4S. The minimum Gasteiger partial charge on any atom is -0.312 e. The zero-order chi connectivity index (χ0) is 13.7. The van der Waals surface area contributed by atoms with E-state index in [1.165, 1.54) is 11.1 Å². The molecule has 0 fully saturated rings. The summed E-state index contributed by atoms with van der Waals surface area (Å²) in [6, 6.07) is 9.14. The molecule has 0 radical (unpaired) electrons. The summed E-state index contributed by atoms with van der Waals surface area (Å²) in [6.07, 6.45) is 2.81. The van der Waals surface area contributed by atoms with Gasteiger partial charge in [0.1, 0.15) is 6.33 Å². The van der Waals surface area contributed by atoms with Crippen molar-refractivity contribution in [3.63, 3.8) is 0 Å². The first kappa shape index (κ1) is 14.1. The fourth-order valence-electron chi connectivity index (χ4n) is 1.89. The molecule has 19 heavy (non-hydrogen) atoms. The topological polar surface area (TPSA) is 42.7 Å². The second kappa shape index (κ2) is 6.73. The molecule has 0 bridgehead atoms. The van der Waals surface area contributed by atoms with Crippen LogP contribution >= 0.6 is 11.8 Å². The first-order valence-electron chi connectivity index (χ1n) is 6.47. The van der Waals surface area contributed by atoms with Gasteiger partial charge in [-0.15, -0.1) is 10.2 Å². The molecule has 4 nitrogen and oxygen atoms in total. The summed E-state index contributed by atoms with van der Waals surface area (Å²) < 4.78 is 1.94. The number of rotatable bonds is 6. The van der Waals surface area contributed by atoms with E-state index >= 15 is 0 Å². The molecule has 1 heterocycles. The van der Waals surface area contributed by atoms with Crippen molar-refractivity contribution in [1.29, 1.82) is 0 Å². The van der Waals surface area contributed by atoms with Gasteiger partial charge in [0, 0.05) is 18.8 Å². The van der Waals surface area contributed by atoms with Crippen LogP contribution in [0.25, 0.3) is 0 Å². The Kier molecular flexibility index (Phi) is 4.99. The van der Waals surface area contributed by atoms with Crippen LogP contribution in [0.2, 0.25) is 0 Å². The first-order chi connectivity index (χ1) is 9.24. The standard InChI is InChI=1S/C14H20N4S/c1-4-11-5-7-12(8-6-11)13(15-2)9-19-14-17-16-10-18(14)3/h5-8,10,13,15H,4,9H2,1-3H3. The molecule has 0 saturated carbocycles. The van der Waals surface area contributed by atoms with E-state index in [2.05, 4.69) is 46.7 Å². The van der Waals surface area contributed by atoms with Crippen molar-refractivity contribution >= 4 is 11.8 Å². The van der Waals surface area contributed by atoms with Gasteiger partial charge in [0.15, 0.2) is 5.16 Å². The molecule has 1 N–H and O–H groups in total. The van der Waals surface area contributed by atoms with Crippen molar-refractivity contribution < 1.29 is 0 Å². The fraction of sp³-hybridized carbons (Fsp3) is 0.429. The Bertz CT molecular complexity index is 506. The van der Waals surface area contributed by atoms with Crippen LogP contribution in [-0.2, 0) is 13.5 Å². The monoisotopic (exact) mass is 276 g/mol. The number of nitrogens with zero attached hydrogens (tertiary/aromatic N) is 3. The highest BCUT2D eigenvalue weighted by molar-refractivity contribution is 7.99. The van der Waals surface area contributed by atoms with Gasteiger partial charge in [0.25, 0.3) is 0 Å². The molecular weight excluding hydrogens is 256 g/mol. The van der Waals surface area contributed by atoms with Gasteiger partial charge in [0.2, 0.25) is 0 Å². The quantitative estimate of drug-likeness (QED) is 0.823. The molecule has 2 rings (SSSR count). The van der Waals surface area contributed by atoms with E-state index in [1.54, 1.807) is 18.1 Å². The van der Waals surface area contributed by atoms with Gasteiger partial charge in [-0.25, -0.2) is 0 Å². The molecule has 1 atom stereocenters. The van der Waals surface area contributed by atoms with E-state index in [-0.39, 0.29) is 0 Å². The van der Waals surface area contributed by atoms with Crippen LogP contribution < -0.4 is 5.32 Å². The number of nitrogens with one attached hydrogen (secondary N) is 1. The zero-order valence-electron chi connectivity index (χ0n) is 11.6. The number of aromatic nitrogens is 3. The first-order valence-corrected chi connectivity index (χ1v) is 7.46. The lowest BCUT2D eigenvalue weighted by Crippen LogP contribution is -2.19. The highest BCUT2D eigenvalue weighted by Crippen LogP contribution is 2.23. The van der Waals surface area contributed by atoms with Crippen LogP contribution in [-0.4, -0.2) is 27.6 Å². The van der Waals surface area contributed by atoms with E-state index in [1.807, 2.05) is 18.7 Å². The average molecular weight is 276 g/mol. The zero-order valence-corrected chi connectivity index (χ0v) is 12.4. The SMILES string of the molecule is CCc1ccc(C(CSc2nncn2C)NC)cc1. The van der Waals surface area contributed by atoms with Gasteiger partial charge in [-0.3, -0.25) is 0 Å². The minimum atomic E-state index is 0.326. The molecule has 0 spiro atoms. The molecule has 0 saturated heterocycles. The summed E-state index contributed by atoms with van der Waals surface area (Å²) in [4.78, 5) is 0. The highest BCUT2D eigenvalue weighted by Gasteiger charge is 2.11. The predicted octanol–water partition coefficient (Wildman–Crippen LogP) is 2.43. The van der Waals surface area contributed by atoms with E-state index < -0.39 is 0 Å². The summed E-state index contributed by atoms with van der Waals surface area (Å²) in [5, 5.41) is 12.3. The van der Waals surface area contributed by atoms with Crippen LogP contribution in [0.3, 0.4) is 0 Å². The van der Waals surface area contributed by atoms with Gasteiger partial charge in [0.05, 0.1) is 0 Å². The molecule has 0 amide bonds. The Morgan fingerprint density at radius 1 is 1.32 bits per heavy atom. The number of thioether (sulfide) groups is 1. The van der Waals surface area contributed by atoms with Crippen molar-refractivity contribution in [1.82, 2.24) is 20.1 Å². The van der Waals surface area contributed by atoms with Crippen LogP contribution in [0.1, 0.15) is 24.1 Å². The van der Waals surface area contributed by atoms with Crippen molar-refractivity contribution in [2.75, 3.05) is 12.8 Å². The lowest BCUT2D eigenvalue weighted by atomic mass is 10.1. The van der Waals surface area contributed by atoms with Gasteiger partial charge in [-0.2, -0.15) is 0 Å². The molecule has 5 heteroatoms. The third-order valence-corrected chi connectivity index (χ3v) is 4.32. The molecule has 0 aliphatic rings. The van der Waals surface area contributed by atoms with Crippen LogP contribution in [0, 0.1) is 0 Å². The maximum atomic E-state index is 4.09. The van der Waals surface area contributed by atoms with E-state index in [0.29, 0.717) is 6.04 Å². The predicted molar refractivity (Wildman–Crippen MR) is 79.3 cm³/mol. The molecule has 1 unspecified atom stereocenters. The summed E-state index contributed by atoms with van der Waals surface area (Å²) in [5.74, 6) is 0.939. The summed E-state index contributed by atoms with van der Waals surface area (Å²) >= 11 is 1.72. The third-order valence-electron chi connectivity index (χ3n) is 3.19. The fourth-order valence-corrected chi connectivity index (χ4v) is 2.92. The van der Waals surface area contributed by atoms with Gasteiger partial charge < -0.3 is 9.88 Å². The molecule has 2 aromatic rings. The van der Waals surface area contributed by atoms with E-state index in [4.69, 9.17) is 0 Å². The van der Waals surface area contributed by atoms with Crippen LogP contribution in [0.15, 0.2) is 35.7 Å². The number of hydrogen-bond donors (Lipinski definition) is 1. The second-order valence-corrected chi connectivity index (χ2v) is 5.46. The van der Waals surface area contributed by atoms with Crippen LogP contribution in [0.5, 0.6) is 0 Å². The van der Waals surface area contributed by atoms with Crippen LogP contribution in [0.4, 0.5) is 0 Å². The molecule has 1 aromatic heterocycles. The van der Waals surface area contributed by atoms with Crippen molar-refractivity contribution in [2.45, 2.75) is 24.5 Å². The van der Waals surface area contributed by atoms with E-state index in [9.17, 15) is 0 Å². The molecule has 0 aliphatic carbocycles. The van der Waals surface area contributed by atoms with E-state index in [0.717, 1.165) is 17.3 Å². The normalized spacial score (nSPS) is 12.6. The summed E-state index contributed by atoms with van der Waals surface area (Å²) in [7, 11) is 3.96. The Hall–Kier alpha value is -1.33. The van der Waals surface area contributed by atoms with Gasteiger partial charge in [-0.1, -0.05) is 43.0 Å². The van der Waals surface area contributed by atoms with Crippen molar-refractivity contribution in [3.8, 4) is 0 Å². The van der Waals surface area contributed by atoms with Crippen molar-refractivity contribution in [2.24, 2.45) is 7.05 Å². The Morgan fingerprint density at radius 2 is 2.05 bits per heavy atom. The summed E-state index contributed by atoms with van der Waals surface area (Å²) in [5.41, 5.74) is 2.69. The largest absolute Gasteiger partial charge is 0.312 e. The minimum absolute atomic E-state index is 0.326. The molecule has 1 aromatic carbocycles. The molecule has 0 aliphatic heterocycles. The number of hydrogen-bond acceptors (Lipinski definition) is 4. The van der Waals surface area contributed by atoms with Gasteiger partial charge >= 0.3 is 0 Å². The maximum Gasteiger partial charge on any atom is 0.190 e. The smallest absolute Gasteiger partial charge is 0.190 e. The van der Waals surface area contributed by atoms with Crippen molar-refractivity contribution in [3.05, 3.63) is 41.7 Å². The lowest BCUT2D eigenvalue weighted by molar-refractivity contribution is 0.659. The highest BCUT2D eigenvalue weighted by atomic mass is 32.2. The maximum absolute atomic E-state index is 4.09. The third kappa shape index (κ3) is 3.58. The summed E-state index contributed by atoms with van der Waals surface area (Å²) in [6.45, 7) is 2.18. The number of aryl methyl sites for hydroxylation is 2. The molecule has 102 valence electrons. The lowest BCUT2D eigenvalue weighted by Gasteiger charge is -2.16. The Labute approximate surface area is 118 Å². The Morgan fingerprint density at radius 3 is 2.58 bits per heavy atom. The number of benzene rings is 1. The Balaban J connectivity index is 2.01. The van der Waals surface area contributed by atoms with Gasteiger partial charge in [-0.05, 0) is 24.6 Å². The average Bonchev–Trinajstić information content (AvgIpc) is 2.86.